The van der Waals surface area contributed by atoms with Gasteiger partial charge in [-0.25, -0.2) is 0 Å². The maximum absolute atomic E-state index is 14.8. The van der Waals surface area contributed by atoms with E-state index >= 15 is 0 Å². The Hall–Kier alpha value is -4.84. The number of benzene rings is 4. The molecular weight excluding hydrogens is 792 g/mol. The molecule has 0 aliphatic carbocycles. The van der Waals surface area contributed by atoms with Crippen molar-refractivity contribution in [2.24, 2.45) is 0 Å². The number of alkyl halides is 12. The molecule has 0 saturated carbocycles. The highest BCUT2D eigenvalue weighted by atomic mass is 19.4. The third-order valence-corrected chi connectivity index (χ3v) is 10.6. The number of halogens is 12. The standard InChI is InChI=1S/C25H30F6N4.C15H12F6N2/c1-5-34-15-32(3)13-17-11-19(7-9-21(17)34)23(24(26,27)28,25(29,30)31)20-8-10-22-18(12-20)14-33(4)16-35(22)6-2;16-14(17,18)13(15(19,20)21,9-1-5-11(22)6-2-9)10-3-7-12(23)8-4-10/h7-12H,5-6,13-16H2,1-4H3;1-8H,22-23H2. The molecule has 316 valence electrons. The minimum absolute atomic E-state index is 0.0595. The van der Waals surface area contributed by atoms with Gasteiger partial charge in [-0.1, -0.05) is 48.5 Å². The largest absolute Gasteiger partial charge is 0.411 e. The van der Waals surface area contributed by atoms with Crippen LogP contribution >= 0.6 is 0 Å². The van der Waals surface area contributed by atoms with Gasteiger partial charge in [0.25, 0.3) is 0 Å². The normalized spacial score (nSPS) is 16.1. The maximum atomic E-state index is 14.8. The van der Waals surface area contributed by atoms with E-state index in [1.807, 2.05) is 33.4 Å². The minimum atomic E-state index is -5.61. The summed E-state index contributed by atoms with van der Waals surface area (Å²) in [5, 5.41) is 0. The van der Waals surface area contributed by atoms with E-state index in [0.717, 1.165) is 72.8 Å². The molecule has 6 rings (SSSR count). The summed E-state index contributed by atoms with van der Waals surface area (Å²) in [6.07, 6.45) is -22.4. The number of nitrogens with two attached hydrogens (primary N) is 2. The van der Waals surface area contributed by atoms with Crippen molar-refractivity contribution in [1.82, 2.24) is 9.80 Å². The van der Waals surface area contributed by atoms with Crippen LogP contribution in [0.4, 0.5) is 75.4 Å². The smallest absolute Gasteiger partial charge is 0.399 e. The van der Waals surface area contributed by atoms with Crippen molar-refractivity contribution < 1.29 is 52.7 Å². The molecule has 2 aliphatic heterocycles. The van der Waals surface area contributed by atoms with Crippen molar-refractivity contribution in [2.75, 3.05) is 61.8 Å². The second-order valence-electron chi connectivity index (χ2n) is 14.4. The average Bonchev–Trinajstić information content (AvgIpc) is 3.10. The molecule has 58 heavy (non-hydrogen) atoms. The third kappa shape index (κ3) is 7.72. The van der Waals surface area contributed by atoms with E-state index in [2.05, 4.69) is 0 Å². The molecule has 6 nitrogen and oxygen atoms in total. The minimum Gasteiger partial charge on any atom is -0.399 e. The van der Waals surface area contributed by atoms with Crippen LogP contribution < -0.4 is 21.3 Å². The van der Waals surface area contributed by atoms with Crippen LogP contribution in [-0.2, 0) is 23.9 Å². The summed E-state index contributed by atoms with van der Waals surface area (Å²) in [7, 11) is 3.58. The maximum Gasteiger partial charge on any atom is 0.411 e. The van der Waals surface area contributed by atoms with Gasteiger partial charge in [-0.3, -0.25) is 9.80 Å². The highest BCUT2D eigenvalue weighted by Gasteiger charge is 2.73. The molecule has 4 aromatic rings. The van der Waals surface area contributed by atoms with Crippen LogP contribution in [0.25, 0.3) is 0 Å². The monoisotopic (exact) mass is 834 g/mol. The molecule has 0 unspecified atom stereocenters. The van der Waals surface area contributed by atoms with Crippen molar-refractivity contribution in [3.8, 4) is 0 Å². The zero-order valence-electron chi connectivity index (χ0n) is 31.8. The van der Waals surface area contributed by atoms with E-state index in [-0.39, 0.29) is 24.5 Å². The Morgan fingerprint density at radius 1 is 0.448 bits per heavy atom. The topological polar surface area (TPSA) is 65.0 Å². The Kier molecular flexibility index (Phi) is 12.0. The van der Waals surface area contributed by atoms with Gasteiger partial charge in [0.15, 0.2) is 0 Å². The molecular formula is C40H42F12N6. The molecule has 2 aliphatic rings. The zero-order valence-corrected chi connectivity index (χ0v) is 31.8. The zero-order chi connectivity index (χ0) is 43.2. The fourth-order valence-electron chi connectivity index (χ4n) is 7.90. The Morgan fingerprint density at radius 2 is 0.724 bits per heavy atom. The summed E-state index contributed by atoms with van der Waals surface area (Å²) in [5.74, 6) is 0. The summed E-state index contributed by atoms with van der Waals surface area (Å²) >= 11 is 0. The number of nitrogens with zero attached hydrogens (tertiary/aromatic N) is 4. The van der Waals surface area contributed by atoms with E-state index in [1.165, 1.54) is 12.1 Å². The summed E-state index contributed by atoms with van der Waals surface area (Å²) in [4.78, 5) is 7.60. The summed E-state index contributed by atoms with van der Waals surface area (Å²) in [5.41, 5.74) is 1.23. The number of fused-ring (bicyclic) bond motifs is 2. The van der Waals surface area contributed by atoms with Gasteiger partial charge in [0.05, 0.1) is 13.3 Å². The molecule has 4 N–H and O–H groups in total. The van der Waals surface area contributed by atoms with Crippen LogP contribution in [0, 0.1) is 0 Å². The second-order valence-corrected chi connectivity index (χ2v) is 14.4. The third-order valence-electron chi connectivity index (χ3n) is 10.6. The average molecular weight is 835 g/mol. The van der Waals surface area contributed by atoms with Gasteiger partial charge < -0.3 is 21.3 Å². The lowest BCUT2D eigenvalue weighted by molar-refractivity contribution is -0.290. The van der Waals surface area contributed by atoms with E-state index in [9.17, 15) is 52.7 Å². The number of anilines is 4. The molecule has 0 aromatic heterocycles. The van der Waals surface area contributed by atoms with E-state index < -0.39 is 57.8 Å². The first-order valence-corrected chi connectivity index (χ1v) is 18.0. The molecule has 2 heterocycles. The Bertz CT molecular complexity index is 1890. The highest BCUT2D eigenvalue weighted by molar-refractivity contribution is 5.62. The van der Waals surface area contributed by atoms with Crippen LogP contribution in [0.5, 0.6) is 0 Å². The lowest BCUT2D eigenvalue weighted by Gasteiger charge is -2.42. The molecule has 4 aromatic carbocycles. The Labute approximate surface area is 327 Å². The fraction of sp³-hybridized carbons (Fsp3) is 0.400. The van der Waals surface area contributed by atoms with Crippen LogP contribution in [-0.4, -0.2) is 75.0 Å². The highest BCUT2D eigenvalue weighted by Crippen LogP contribution is 2.58. The first kappa shape index (κ1) is 44.3. The molecule has 0 bridgehead atoms. The number of hydrogen-bond acceptors (Lipinski definition) is 6. The fourth-order valence-corrected chi connectivity index (χ4v) is 7.90. The SMILES string of the molecule is CCN1CN(C)Cc2cc(C(c3ccc4c(c3)CN(C)CN4CC)(C(F)(F)F)C(F)(F)F)ccc21.Nc1ccc(C(c2ccc(N)cc2)(C(F)(F)F)C(F)(F)F)cc1. The van der Waals surface area contributed by atoms with Crippen molar-refractivity contribution >= 4 is 22.7 Å². The molecule has 0 spiro atoms. The van der Waals surface area contributed by atoms with Crippen molar-refractivity contribution in [3.05, 3.63) is 118 Å². The molecule has 0 amide bonds. The summed E-state index contributed by atoms with van der Waals surface area (Å²) in [6.45, 7) is 6.63. The van der Waals surface area contributed by atoms with Gasteiger partial charge in [0.2, 0.25) is 10.8 Å². The van der Waals surface area contributed by atoms with Gasteiger partial charge in [-0.05, 0) is 97.7 Å². The number of nitrogen functional groups attached to an aromatic ring is 2. The van der Waals surface area contributed by atoms with E-state index in [4.69, 9.17) is 11.5 Å². The summed E-state index contributed by atoms with van der Waals surface area (Å²) < 4.78 is 171. The predicted octanol–water partition coefficient (Wildman–Crippen LogP) is 9.82. The van der Waals surface area contributed by atoms with Crippen molar-refractivity contribution in [3.63, 3.8) is 0 Å². The first-order chi connectivity index (χ1) is 26.8. The van der Waals surface area contributed by atoms with E-state index in [1.54, 1.807) is 14.1 Å². The van der Waals surface area contributed by atoms with Gasteiger partial charge >= 0.3 is 24.7 Å². The van der Waals surface area contributed by atoms with Crippen LogP contribution in [0.1, 0.15) is 47.2 Å². The van der Waals surface area contributed by atoms with Crippen LogP contribution in [0.15, 0.2) is 84.9 Å². The molecule has 0 radical (unpaired) electrons. The quantitative estimate of drug-likeness (QED) is 0.149. The molecule has 0 atom stereocenters. The van der Waals surface area contributed by atoms with Gasteiger partial charge in [-0.15, -0.1) is 0 Å². The first-order valence-electron chi connectivity index (χ1n) is 18.0. The second kappa shape index (κ2) is 15.7. The predicted molar refractivity (Wildman–Crippen MR) is 199 cm³/mol. The van der Waals surface area contributed by atoms with Crippen LogP contribution in [0.2, 0.25) is 0 Å². The molecule has 0 fully saturated rings. The molecule has 18 heteroatoms. The summed E-state index contributed by atoms with van der Waals surface area (Å²) in [6, 6.07) is 13.9. The number of hydrogen-bond donors (Lipinski definition) is 2. The van der Waals surface area contributed by atoms with Crippen molar-refractivity contribution in [1.29, 1.82) is 0 Å². The lowest BCUT2D eigenvalue weighted by Crippen LogP contribution is -2.55. The van der Waals surface area contributed by atoms with Crippen molar-refractivity contribution in [2.45, 2.75) is 62.5 Å². The molecule has 0 saturated heterocycles. The Balaban J connectivity index is 0.000000242. The van der Waals surface area contributed by atoms with E-state index in [0.29, 0.717) is 48.9 Å². The lowest BCUT2D eigenvalue weighted by atomic mass is 9.71. The van der Waals surface area contributed by atoms with Gasteiger partial charge in [-0.2, -0.15) is 52.7 Å². The number of rotatable bonds is 6. The van der Waals surface area contributed by atoms with Gasteiger partial charge in [0, 0.05) is 48.9 Å². The van der Waals surface area contributed by atoms with Crippen LogP contribution in [0.3, 0.4) is 0 Å². The Morgan fingerprint density at radius 3 is 1.00 bits per heavy atom. The van der Waals surface area contributed by atoms with Gasteiger partial charge in [0.1, 0.15) is 0 Å².